The molecule has 0 unspecified atom stereocenters. The number of rotatable bonds is 6. The van der Waals surface area contributed by atoms with E-state index in [1.807, 2.05) is 34.9 Å². The first kappa shape index (κ1) is 16.2. The molecule has 0 bridgehead atoms. The number of nitrogens with one attached hydrogen (secondary N) is 1. The molecule has 7 heteroatoms. The van der Waals surface area contributed by atoms with Crippen molar-refractivity contribution in [1.82, 2.24) is 25.1 Å². The Bertz CT molecular complexity index is 804. The molecular formula is C17H17N5OS. The maximum absolute atomic E-state index is 11.5. The first-order valence-electron chi connectivity index (χ1n) is 7.49. The van der Waals surface area contributed by atoms with Crippen LogP contribution >= 0.6 is 11.8 Å². The largest absolute Gasteiger partial charge is 0.358 e. The Morgan fingerprint density at radius 1 is 1.17 bits per heavy atom. The van der Waals surface area contributed by atoms with Gasteiger partial charge in [-0.1, -0.05) is 42.1 Å². The lowest BCUT2D eigenvalue weighted by molar-refractivity contribution is -0.118. The smallest absolute Gasteiger partial charge is 0.230 e. The maximum atomic E-state index is 11.5. The molecular weight excluding hydrogens is 322 g/mol. The van der Waals surface area contributed by atoms with Crippen molar-refractivity contribution in [1.29, 1.82) is 0 Å². The highest BCUT2D eigenvalue weighted by Gasteiger charge is 2.15. The molecule has 6 nitrogen and oxygen atoms in total. The van der Waals surface area contributed by atoms with E-state index in [1.54, 1.807) is 19.4 Å². The molecule has 1 amide bonds. The molecule has 2 heterocycles. The molecule has 0 atom stereocenters. The van der Waals surface area contributed by atoms with Gasteiger partial charge in [0.25, 0.3) is 0 Å². The van der Waals surface area contributed by atoms with Crippen LogP contribution in [0.5, 0.6) is 0 Å². The quantitative estimate of drug-likeness (QED) is 0.697. The number of nitrogens with zero attached hydrogens (tertiary/aromatic N) is 4. The molecule has 0 radical (unpaired) electrons. The molecule has 0 saturated heterocycles. The van der Waals surface area contributed by atoms with E-state index in [2.05, 4.69) is 32.6 Å². The number of aromatic nitrogens is 4. The van der Waals surface area contributed by atoms with E-state index in [0.717, 1.165) is 17.0 Å². The van der Waals surface area contributed by atoms with Crippen molar-refractivity contribution in [2.75, 3.05) is 12.8 Å². The molecule has 3 aromatic rings. The van der Waals surface area contributed by atoms with Crippen LogP contribution in [0, 0.1) is 0 Å². The minimum atomic E-state index is -0.0443. The van der Waals surface area contributed by atoms with Gasteiger partial charge in [-0.15, -0.1) is 10.2 Å². The van der Waals surface area contributed by atoms with Crippen molar-refractivity contribution < 1.29 is 4.79 Å². The van der Waals surface area contributed by atoms with Crippen molar-refractivity contribution in [2.45, 2.75) is 11.7 Å². The Morgan fingerprint density at radius 2 is 2.00 bits per heavy atom. The standard InChI is InChI=1S/C17H17N5OS/c1-18-15(23)12-24-17-21-20-16(14-8-5-9-19-10-14)22(17)11-13-6-3-2-4-7-13/h2-10H,11-12H2,1H3,(H,18,23). The van der Waals surface area contributed by atoms with Crippen LogP contribution in [0.25, 0.3) is 11.4 Å². The molecule has 1 aromatic carbocycles. The summed E-state index contributed by atoms with van der Waals surface area (Å²) >= 11 is 1.37. The first-order valence-corrected chi connectivity index (χ1v) is 8.47. The minimum absolute atomic E-state index is 0.0443. The highest BCUT2D eigenvalue weighted by molar-refractivity contribution is 7.99. The molecule has 24 heavy (non-hydrogen) atoms. The first-order chi connectivity index (χ1) is 11.8. The third kappa shape index (κ3) is 3.80. The summed E-state index contributed by atoms with van der Waals surface area (Å²) in [5, 5.41) is 11.9. The lowest BCUT2D eigenvalue weighted by Gasteiger charge is -2.10. The molecule has 122 valence electrons. The van der Waals surface area contributed by atoms with E-state index in [1.165, 1.54) is 11.8 Å². The third-order valence-electron chi connectivity index (χ3n) is 3.43. The van der Waals surface area contributed by atoms with Gasteiger partial charge in [0, 0.05) is 25.0 Å². The second-order valence-corrected chi connectivity index (χ2v) is 6.02. The van der Waals surface area contributed by atoms with Crippen LogP contribution in [0.2, 0.25) is 0 Å². The Morgan fingerprint density at radius 3 is 2.71 bits per heavy atom. The fourth-order valence-electron chi connectivity index (χ4n) is 2.21. The van der Waals surface area contributed by atoms with E-state index >= 15 is 0 Å². The number of thioether (sulfide) groups is 1. The van der Waals surface area contributed by atoms with Gasteiger partial charge in [-0.2, -0.15) is 0 Å². The highest BCUT2D eigenvalue weighted by Crippen LogP contribution is 2.24. The predicted molar refractivity (Wildman–Crippen MR) is 93.6 cm³/mol. The lowest BCUT2D eigenvalue weighted by atomic mass is 10.2. The van der Waals surface area contributed by atoms with Gasteiger partial charge in [0.05, 0.1) is 12.3 Å². The van der Waals surface area contributed by atoms with E-state index in [4.69, 9.17) is 0 Å². The van der Waals surface area contributed by atoms with Gasteiger partial charge in [0.1, 0.15) is 0 Å². The molecule has 0 spiro atoms. The predicted octanol–water partition coefficient (Wildman–Crippen LogP) is 2.23. The van der Waals surface area contributed by atoms with Crippen molar-refractivity contribution >= 4 is 17.7 Å². The van der Waals surface area contributed by atoms with Gasteiger partial charge in [-0.25, -0.2) is 0 Å². The molecule has 2 aromatic heterocycles. The van der Waals surface area contributed by atoms with E-state index in [9.17, 15) is 4.79 Å². The van der Waals surface area contributed by atoms with E-state index < -0.39 is 0 Å². The Hall–Kier alpha value is -2.67. The van der Waals surface area contributed by atoms with Gasteiger partial charge in [0.2, 0.25) is 5.91 Å². The number of hydrogen-bond donors (Lipinski definition) is 1. The summed E-state index contributed by atoms with van der Waals surface area (Å²) < 4.78 is 2.01. The summed E-state index contributed by atoms with van der Waals surface area (Å²) in [5.74, 6) is 1.000. The third-order valence-corrected chi connectivity index (χ3v) is 4.40. The SMILES string of the molecule is CNC(=O)CSc1nnc(-c2cccnc2)n1Cc1ccccc1. The van der Waals surface area contributed by atoms with E-state index in [0.29, 0.717) is 17.5 Å². The van der Waals surface area contributed by atoms with Crippen LogP contribution < -0.4 is 5.32 Å². The zero-order valence-corrected chi connectivity index (χ0v) is 14.0. The van der Waals surface area contributed by atoms with E-state index in [-0.39, 0.29) is 5.91 Å². The van der Waals surface area contributed by atoms with Gasteiger partial charge in [-0.3, -0.25) is 14.3 Å². The summed E-state index contributed by atoms with van der Waals surface area (Å²) in [7, 11) is 1.62. The maximum Gasteiger partial charge on any atom is 0.230 e. The number of hydrogen-bond acceptors (Lipinski definition) is 5. The summed E-state index contributed by atoms with van der Waals surface area (Å²) in [6, 6.07) is 13.9. The van der Waals surface area contributed by atoms with Crippen LogP contribution in [-0.2, 0) is 11.3 Å². The molecule has 3 rings (SSSR count). The zero-order chi connectivity index (χ0) is 16.8. The fraction of sp³-hybridized carbons (Fsp3) is 0.176. The van der Waals surface area contributed by atoms with Gasteiger partial charge in [-0.05, 0) is 17.7 Å². The van der Waals surface area contributed by atoms with Crippen LogP contribution in [0.1, 0.15) is 5.56 Å². The second kappa shape index (κ2) is 7.74. The van der Waals surface area contributed by atoms with Crippen molar-refractivity contribution in [3.63, 3.8) is 0 Å². The Balaban J connectivity index is 1.94. The van der Waals surface area contributed by atoms with Gasteiger partial charge < -0.3 is 5.32 Å². The average Bonchev–Trinajstić information content (AvgIpc) is 3.04. The topological polar surface area (TPSA) is 72.7 Å². The van der Waals surface area contributed by atoms with Crippen molar-refractivity contribution in [2.24, 2.45) is 0 Å². The number of carbonyl (C=O) groups excluding carboxylic acids is 1. The minimum Gasteiger partial charge on any atom is -0.358 e. The molecule has 0 aliphatic heterocycles. The fourth-order valence-corrected chi connectivity index (χ4v) is 3.02. The van der Waals surface area contributed by atoms with Gasteiger partial charge in [0.15, 0.2) is 11.0 Å². The summed E-state index contributed by atoms with van der Waals surface area (Å²) in [4.78, 5) is 15.7. The monoisotopic (exact) mass is 339 g/mol. The normalized spacial score (nSPS) is 10.5. The molecule has 0 aliphatic rings. The average molecular weight is 339 g/mol. The molecule has 1 N–H and O–H groups in total. The Kier molecular flexibility index (Phi) is 5.22. The Labute approximate surface area is 144 Å². The van der Waals surface area contributed by atoms with Gasteiger partial charge >= 0.3 is 0 Å². The number of amides is 1. The number of carbonyl (C=O) groups is 1. The highest BCUT2D eigenvalue weighted by atomic mass is 32.2. The lowest BCUT2D eigenvalue weighted by Crippen LogP contribution is -2.20. The summed E-state index contributed by atoms with van der Waals surface area (Å²) in [5.41, 5.74) is 2.04. The van der Waals surface area contributed by atoms with Crippen LogP contribution in [-0.4, -0.2) is 38.5 Å². The van der Waals surface area contributed by atoms with Crippen molar-refractivity contribution in [3.8, 4) is 11.4 Å². The number of benzene rings is 1. The molecule has 0 aliphatic carbocycles. The van der Waals surface area contributed by atoms with Crippen LogP contribution in [0.3, 0.4) is 0 Å². The number of pyridine rings is 1. The summed E-state index contributed by atoms with van der Waals surface area (Å²) in [6.45, 7) is 0.633. The van der Waals surface area contributed by atoms with Crippen LogP contribution in [0.15, 0.2) is 60.0 Å². The summed E-state index contributed by atoms with van der Waals surface area (Å²) in [6.07, 6.45) is 3.49. The van der Waals surface area contributed by atoms with Crippen LogP contribution in [0.4, 0.5) is 0 Å². The zero-order valence-electron chi connectivity index (χ0n) is 13.2. The molecule has 0 saturated carbocycles. The van der Waals surface area contributed by atoms with Crippen molar-refractivity contribution in [3.05, 3.63) is 60.4 Å². The second-order valence-electron chi connectivity index (χ2n) is 5.08. The molecule has 0 fully saturated rings.